The summed E-state index contributed by atoms with van der Waals surface area (Å²) in [5.41, 5.74) is 0.796. The molecule has 3 aromatic heterocycles. The maximum absolute atomic E-state index is 12.5. The molecule has 3 heterocycles. The molecule has 0 atom stereocenters. The second-order valence-corrected chi connectivity index (χ2v) is 6.44. The highest BCUT2D eigenvalue weighted by molar-refractivity contribution is 6.02. The first kappa shape index (κ1) is 17.7. The van der Waals surface area contributed by atoms with Crippen molar-refractivity contribution >= 4 is 17.3 Å². The number of amides is 2. The number of imidazole rings is 1. The Bertz CT molecular complexity index is 897. The summed E-state index contributed by atoms with van der Waals surface area (Å²) < 4.78 is 6.84. The van der Waals surface area contributed by atoms with Gasteiger partial charge in [0, 0.05) is 12.7 Å². The van der Waals surface area contributed by atoms with Gasteiger partial charge in [-0.1, -0.05) is 19.9 Å². The molecule has 0 bridgehead atoms. The molecule has 0 spiro atoms. The highest BCUT2D eigenvalue weighted by atomic mass is 16.3. The van der Waals surface area contributed by atoms with Crippen LogP contribution in [0.5, 0.6) is 0 Å². The number of hydrogen-bond acceptors (Lipinski definition) is 4. The Balaban J connectivity index is 1.80. The van der Waals surface area contributed by atoms with E-state index in [1.807, 2.05) is 0 Å². The number of pyridine rings is 1. The molecule has 3 rings (SSSR count). The number of furan rings is 1. The van der Waals surface area contributed by atoms with Gasteiger partial charge in [-0.3, -0.25) is 14.0 Å². The maximum Gasteiger partial charge on any atom is 0.287 e. The van der Waals surface area contributed by atoms with E-state index in [2.05, 4.69) is 29.5 Å². The molecule has 0 radical (unpaired) electrons. The number of nitrogens with zero attached hydrogens (tertiary/aromatic N) is 2. The molecule has 3 aromatic rings. The van der Waals surface area contributed by atoms with E-state index in [1.165, 1.54) is 0 Å². The topological polar surface area (TPSA) is 88.6 Å². The first-order valence-corrected chi connectivity index (χ1v) is 8.62. The predicted molar refractivity (Wildman–Crippen MR) is 96.9 cm³/mol. The molecule has 26 heavy (non-hydrogen) atoms. The van der Waals surface area contributed by atoms with Crippen LogP contribution in [-0.4, -0.2) is 27.7 Å². The smallest absolute Gasteiger partial charge is 0.287 e. The third kappa shape index (κ3) is 3.93. The van der Waals surface area contributed by atoms with Gasteiger partial charge in [-0.15, -0.1) is 0 Å². The van der Waals surface area contributed by atoms with Gasteiger partial charge in [0.1, 0.15) is 5.76 Å². The molecule has 0 aromatic carbocycles. The number of hydrogen-bond donors (Lipinski definition) is 2. The predicted octanol–water partition coefficient (Wildman–Crippen LogP) is 2.63. The lowest BCUT2D eigenvalue weighted by Crippen LogP contribution is -2.27. The molecule has 2 N–H and O–H groups in total. The van der Waals surface area contributed by atoms with Crippen LogP contribution in [0.4, 0.5) is 0 Å². The van der Waals surface area contributed by atoms with Crippen molar-refractivity contribution in [2.45, 2.75) is 26.8 Å². The average molecular weight is 354 g/mol. The SMILES string of the molecule is CC(C)CCNC(=O)c1nc(C(=O)NCc2ccco2)c2ccccn12. The number of carbonyl (C=O) groups excluding carboxylic acids is 2. The van der Waals surface area contributed by atoms with Crippen molar-refractivity contribution in [2.24, 2.45) is 5.92 Å². The summed E-state index contributed by atoms with van der Waals surface area (Å²) in [5, 5.41) is 5.62. The molecule has 7 heteroatoms. The third-order valence-corrected chi connectivity index (χ3v) is 3.98. The van der Waals surface area contributed by atoms with Crippen LogP contribution in [-0.2, 0) is 6.54 Å². The van der Waals surface area contributed by atoms with Gasteiger partial charge >= 0.3 is 0 Å². The molecule has 0 aliphatic heterocycles. The van der Waals surface area contributed by atoms with E-state index in [9.17, 15) is 9.59 Å². The lowest BCUT2D eigenvalue weighted by Gasteiger charge is -2.06. The van der Waals surface area contributed by atoms with Crippen LogP contribution in [0.2, 0.25) is 0 Å². The molecular formula is C19H22N4O3. The van der Waals surface area contributed by atoms with Gasteiger partial charge in [0.05, 0.1) is 18.3 Å². The lowest BCUT2D eigenvalue weighted by atomic mass is 10.1. The van der Waals surface area contributed by atoms with E-state index < -0.39 is 0 Å². The van der Waals surface area contributed by atoms with Gasteiger partial charge in [-0.2, -0.15) is 0 Å². The van der Waals surface area contributed by atoms with Crippen LogP contribution >= 0.6 is 0 Å². The van der Waals surface area contributed by atoms with E-state index in [0.717, 1.165) is 6.42 Å². The minimum Gasteiger partial charge on any atom is -0.467 e. The summed E-state index contributed by atoms with van der Waals surface area (Å²) in [6.07, 6.45) is 4.15. The highest BCUT2D eigenvalue weighted by Crippen LogP contribution is 2.14. The van der Waals surface area contributed by atoms with Gasteiger partial charge in [0.15, 0.2) is 5.69 Å². The fourth-order valence-electron chi connectivity index (χ4n) is 2.58. The van der Waals surface area contributed by atoms with Crippen molar-refractivity contribution in [2.75, 3.05) is 6.54 Å². The summed E-state index contributed by atoms with van der Waals surface area (Å²) in [6.45, 7) is 5.02. The monoisotopic (exact) mass is 354 g/mol. The molecule has 0 aliphatic carbocycles. The quantitative estimate of drug-likeness (QED) is 0.683. The molecule has 0 aliphatic rings. The van der Waals surface area contributed by atoms with Crippen molar-refractivity contribution in [3.05, 3.63) is 60.1 Å². The van der Waals surface area contributed by atoms with Crippen molar-refractivity contribution < 1.29 is 14.0 Å². The molecule has 136 valence electrons. The van der Waals surface area contributed by atoms with Gasteiger partial charge < -0.3 is 15.1 Å². The van der Waals surface area contributed by atoms with Crippen LogP contribution in [0.25, 0.3) is 5.52 Å². The van der Waals surface area contributed by atoms with E-state index in [4.69, 9.17) is 4.42 Å². The summed E-state index contributed by atoms with van der Waals surface area (Å²) in [7, 11) is 0. The van der Waals surface area contributed by atoms with Crippen molar-refractivity contribution in [3.8, 4) is 0 Å². The number of fused-ring (bicyclic) bond motifs is 1. The highest BCUT2D eigenvalue weighted by Gasteiger charge is 2.21. The number of aromatic nitrogens is 2. The largest absolute Gasteiger partial charge is 0.467 e. The van der Waals surface area contributed by atoms with E-state index >= 15 is 0 Å². The molecule has 0 unspecified atom stereocenters. The molecule has 0 saturated heterocycles. The summed E-state index contributed by atoms with van der Waals surface area (Å²) >= 11 is 0. The molecule has 0 fully saturated rings. The molecule has 0 saturated carbocycles. The Morgan fingerprint density at radius 3 is 2.73 bits per heavy atom. The summed E-state index contributed by atoms with van der Waals surface area (Å²) in [6, 6.07) is 8.90. The zero-order chi connectivity index (χ0) is 18.5. The Labute approximate surface area is 151 Å². The van der Waals surface area contributed by atoms with Crippen LogP contribution < -0.4 is 10.6 Å². The van der Waals surface area contributed by atoms with Crippen LogP contribution in [0.1, 0.15) is 47.1 Å². The Kier molecular flexibility index (Phi) is 5.36. The van der Waals surface area contributed by atoms with Gasteiger partial charge in [-0.05, 0) is 36.6 Å². The lowest BCUT2D eigenvalue weighted by molar-refractivity contribution is 0.0940. The second-order valence-electron chi connectivity index (χ2n) is 6.44. The van der Waals surface area contributed by atoms with Gasteiger partial charge in [0.25, 0.3) is 11.8 Å². The number of carbonyl (C=O) groups is 2. The molecule has 2 amide bonds. The average Bonchev–Trinajstić information content (AvgIpc) is 3.27. The minimum absolute atomic E-state index is 0.201. The molecule has 7 nitrogen and oxygen atoms in total. The third-order valence-electron chi connectivity index (χ3n) is 3.98. The Morgan fingerprint density at radius 1 is 1.15 bits per heavy atom. The van der Waals surface area contributed by atoms with Crippen LogP contribution in [0, 0.1) is 5.92 Å². The van der Waals surface area contributed by atoms with E-state index in [1.54, 1.807) is 47.2 Å². The maximum atomic E-state index is 12.5. The zero-order valence-electron chi connectivity index (χ0n) is 14.9. The van der Waals surface area contributed by atoms with Crippen LogP contribution in [0.3, 0.4) is 0 Å². The van der Waals surface area contributed by atoms with E-state index in [0.29, 0.717) is 23.7 Å². The Hall–Kier alpha value is -3.09. The van der Waals surface area contributed by atoms with Gasteiger partial charge in [0.2, 0.25) is 5.82 Å². The normalized spacial score (nSPS) is 11.0. The fourth-order valence-corrected chi connectivity index (χ4v) is 2.58. The minimum atomic E-state index is -0.355. The Morgan fingerprint density at radius 2 is 2.00 bits per heavy atom. The fraction of sp³-hybridized carbons (Fsp3) is 0.316. The first-order valence-electron chi connectivity index (χ1n) is 8.62. The number of nitrogens with one attached hydrogen (secondary N) is 2. The number of rotatable bonds is 7. The standard InChI is InChI=1S/C19H22N4O3/c1-13(2)8-9-20-19(25)17-22-16(15-7-3-4-10-23(15)17)18(24)21-12-14-6-5-11-26-14/h3-7,10-11,13H,8-9,12H2,1-2H3,(H,20,25)(H,21,24). The van der Waals surface area contributed by atoms with Crippen LogP contribution in [0.15, 0.2) is 47.2 Å². The summed E-state index contributed by atoms with van der Waals surface area (Å²) in [4.78, 5) is 29.3. The van der Waals surface area contributed by atoms with Gasteiger partial charge in [-0.25, -0.2) is 4.98 Å². The zero-order valence-corrected chi connectivity index (χ0v) is 14.9. The first-order chi connectivity index (χ1) is 12.6. The summed E-state index contributed by atoms with van der Waals surface area (Å²) in [5.74, 6) is 0.694. The van der Waals surface area contributed by atoms with Crippen molar-refractivity contribution in [3.63, 3.8) is 0 Å². The van der Waals surface area contributed by atoms with Crippen molar-refractivity contribution in [1.82, 2.24) is 20.0 Å². The van der Waals surface area contributed by atoms with Crippen molar-refractivity contribution in [1.29, 1.82) is 0 Å². The van der Waals surface area contributed by atoms with E-state index in [-0.39, 0.29) is 29.9 Å². The molecular weight excluding hydrogens is 332 g/mol. The second kappa shape index (κ2) is 7.86.